The Kier molecular flexibility index (Phi) is 3.31. The monoisotopic (exact) mass is 282 g/mol. The summed E-state index contributed by atoms with van der Waals surface area (Å²) in [5, 5.41) is 13.1. The Balaban J connectivity index is 1.66. The maximum absolute atomic E-state index is 9.51. The molecule has 2 aliphatic heterocycles. The Labute approximate surface area is 126 Å². The zero-order valence-electron chi connectivity index (χ0n) is 12.4. The number of nitriles is 1. The van der Waals surface area contributed by atoms with E-state index in [4.69, 9.17) is 4.98 Å². The highest BCUT2D eigenvalue weighted by atomic mass is 15.2. The van der Waals surface area contributed by atoms with Crippen molar-refractivity contribution in [2.45, 2.75) is 44.6 Å². The molecule has 4 rings (SSSR count). The van der Waals surface area contributed by atoms with Crippen molar-refractivity contribution in [3.05, 3.63) is 22.9 Å². The molecule has 0 spiro atoms. The summed E-state index contributed by atoms with van der Waals surface area (Å²) in [6.45, 7) is 3.20. The Morgan fingerprint density at radius 2 is 2.14 bits per heavy atom. The third-order valence-electron chi connectivity index (χ3n) is 5.30. The molecular weight excluding hydrogens is 260 g/mol. The second-order valence-corrected chi connectivity index (χ2v) is 6.65. The minimum atomic E-state index is 0.586. The average molecular weight is 282 g/mol. The van der Waals surface area contributed by atoms with Gasteiger partial charge in [-0.2, -0.15) is 5.26 Å². The standard InChI is InChI=1S/C17H22N4/c18-9-14-8-12-4-1-2-6-15(12)20-17(14)21-10-13-5-3-7-19-16(13)11-21/h8,13,16,19H,1-7,10-11H2. The van der Waals surface area contributed by atoms with Crippen molar-refractivity contribution in [2.75, 3.05) is 24.5 Å². The van der Waals surface area contributed by atoms with Crippen LogP contribution in [-0.2, 0) is 12.8 Å². The number of aromatic nitrogens is 1. The molecule has 0 saturated carbocycles. The van der Waals surface area contributed by atoms with Crippen LogP contribution in [0.3, 0.4) is 0 Å². The van der Waals surface area contributed by atoms with Gasteiger partial charge in [-0.1, -0.05) is 0 Å². The third-order valence-corrected chi connectivity index (χ3v) is 5.30. The normalized spacial score (nSPS) is 27.9. The maximum atomic E-state index is 9.51. The molecule has 21 heavy (non-hydrogen) atoms. The van der Waals surface area contributed by atoms with E-state index in [-0.39, 0.29) is 0 Å². The molecule has 0 amide bonds. The van der Waals surface area contributed by atoms with Crippen molar-refractivity contribution >= 4 is 5.82 Å². The SMILES string of the molecule is N#Cc1cc2c(nc1N1CC3CCCNC3C1)CCCC2. The van der Waals surface area contributed by atoms with Gasteiger partial charge in [-0.15, -0.1) is 0 Å². The van der Waals surface area contributed by atoms with Crippen LogP contribution in [0.15, 0.2) is 6.07 Å². The number of rotatable bonds is 1. The number of nitrogens with one attached hydrogen (secondary N) is 1. The largest absolute Gasteiger partial charge is 0.354 e. The Morgan fingerprint density at radius 1 is 1.24 bits per heavy atom. The smallest absolute Gasteiger partial charge is 0.146 e. The predicted molar refractivity (Wildman–Crippen MR) is 82.3 cm³/mol. The maximum Gasteiger partial charge on any atom is 0.146 e. The lowest BCUT2D eigenvalue weighted by atomic mass is 9.94. The summed E-state index contributed by atoms with van der Waals surface area (Å²) in [6, 6.07) is 5.07. The van der Waals surface area contributed by atoms with Crippen molar-refractivity contribution in [3.63, 3.8) is 0 Å². The van der Waals surface area contributed by atoms with E-state index in [1.54, 1.807) is 0 Å². The molecule has 2 fully saturated rings. The molecule has 1 aromatic heterocycles. The van der Waals surface area contributed by atoms with Gasteiger partial charge in [0.1, 0.15) is 11.9 Å². The molecule has 1 N–H and O–H groups in total. The molecule has 0 aromatic carbocycles. The first-order valence-corrected chi connectivity index (χ1v) is 8.26. The van der Waals surface area contributed by atoms with Crippen LogP contribution in [0.25, 0.3) is 0 Å². The topological polar surface area (TPSA) is 52.0 Å². The van der Waals surface area contributed by atoms with Gasteiger partial charge in [0.05, 0.1) is 5.56 Å². The van der Waals surface area contributed by atoms with Gasteiger partial charge in [0.2, 0.25) is 0 Å². The first-order chi connectivity index (χ1) is 10.3. The lowest BCUT2D eigenvalue weighted by Crippen LogP contribution is -2.40. The van der Waals surface area contributed by atoms with E-state index in [0.29, 0.717) is 6.04 Å². The molecule has 110 valence electrons. The number of hydrogen-bond acceptors (Lipinski definition) is 4. The second kappa shape index (κ2) is 5.31. The van der Waals surface area contributed by atoms with Crippen LogP contribution in [-0.4, -0.2) is 30.7 Å². The summed E-state index contributed by atoms with van der Waals surface area (Å²) in [4.78, 5) is 7.25. The summed E-state index contributed by atoms with van der Waals surface area (Å²) < 4.78 is 0. The van der Waals surface area contributed by atoms with Gasteiger partial charge < -0.3 is 10.2 Å². The van der Waals surface area contributed by atoms with Gasteiger partial charge in [-0.05, 0) is 62.6 Å². The van der Waals surface area contributed by atoms with E-state index in [9.17, 15) is 5.26 Å². The number of hydrogen-bond donors (Lipinski definition) is 1. The Morgan fingerprint density at radius 3 is 3.00 bits per heavy atom. The fourth-order valence-electron chi connectivity index (χ4n) is 4.17. The van der Waals surface area contributed by atoms with Gasteiger partial charge in [-0.3, -0.25) is 0 Å². The van der Waals surface area contributed by atoms with Gasteiger partial charge in [-0.25, -0.2) is 4.98 Å². The van der Waals surface area contributed by atoms with Crippen LogP contribution in [0.1, 0.15) is 42.5 Å². The fourth-order valence-corrected chi connectivity index (χ4v) is 4.17. The molecule has 3 heterocycles. The Hall–Kier alpha value is -1.60. The lowest BCUT2D eigenvalue weighted by Gasteiger charge is -2.24. The van der Waals surface area contributed by atoms with Crippen molar-refractivity contribution in [1.82, 2.24) is 10.3 Å². The van der Waals surface area contributed by atoms with Crippen LogP contribution < -0.4 is 10.2 Å². The molecule has 0 bridgehead atoms. The van der Waals surface area contributed by atoms with E-state index in [1.807, 2.05) is 0 Å². The van der Waals surface area contributed by atoms with Gasteiger partial charge in [0.15, 0.2) is 0 Å². The molecule has 3 aliphatic rings. The second-order valence-electron chi connectivity index (χ2n) is 6.65. The molecule has 1 aliphatic carbocycles. The van der Waals surface area contributed by atoms with E-state index >= 15 is 0 Å². The summed E-state index contributed by atoms with van der Waals surface area (Å²) in [5.74, 6) is 1.66. The quantitative estimate of drug-likeness (QED) is 0.856. The van der Waals surface area contributed by atoms with Crippen LogP contribution >= 0.6 is 0 Å². The average Bonchev–Trinajstić information content (AvgIpc) is 2.97. The number of nitrogens with zero attached hydrogens (tertiary/aromatic N) is 3. The molecule has 0 radical (unpaired) electrons. The number of fused-ring (bicyclic) bond motifs is 2. The van der Waals surface area contributed by atoms with Gasteiger partial charge in [0.25, 0.3) is 0 Å². The zero-order chi connectivity index (χ0) is 14.2. The molecule has 4 nitrogen and oxygen atoms in total. The van der Waals surface area contributed by atoms with Crippen LogP contribution in [0.5, 0.6) is 0 Å². The van der Waals surface area contributed by atoms with E-state index in [1.165, 1.54) is 36.9 Å². The highest BCUT2D eigenvalue weighted by Gasteiger charge is 2.35. The first-order valence-electron chi connectivity index (χ1n) is 8.26. The highest BCUT2D eigenvalue weighted by Crippen LogP contribution is 2.32. The van der Waals surface area contributed by atoms with Crippen LogP contribution in [0.4, 0.5) is 5.82 Å². The number of aryl methyl sites for hydroxylation is 2. The van der Waals surface area contributed by atoms with Gasteiger partial charge >= 0.3 is 0 Å². The molecule has 4 heteroatoms. The van der Waals surface area contributed by atoms with Crippen LogP contribution in [0.2, 0.25) is 0 Å². The van der Waals surface area contributed by atoms with Crippen LogP contribution in [0, 0.1) is 17.2 Å². The molecule has 2 saturated heterocycles. The van der Waals surface area contributed by atoms with E-state index in [0.717, 1.165) is 49.8 Å². The van der Waals surface area contributed by atoms with Crippen molar-refractivity contribution < 1.29 is 0 Å². The number of piperidine rings is 1. The summed E-state index contributed by atoms with van der Waals surface area (Å²) in [6.07, 6.45) is 7.21. The zero-order valence-corrected chi connectivity index (χ0v) is 12.4. The lowest BCUT2D eigenvalue weighted by molar-refractivity contribution is 0.340. The first kappa shape index (κ1) is 13.1. The molecular formula is C17H22N4. The highest BCUT2D eigenvalue weighted by molar-refractivity contribution is 5.57. The van der Waals surface area contributed by atoms with E-state index < -0.39 is 0 Å². The molecule has 2 unspecified atom stereocenters. The van der Waals surface area contributed by atoms with Gasteiger partial charge in [0, 0.05) is 24.8 Å². The fraction of sp³-hybridized carbons (Fsp3) is 0.647. The minimum Gasteiger partial charge on any atom is -0.354 e. The molecule has 2 atom stereocenters. The van der Waals surface area contributed by atoms with E-state index in [2.05, 4.69) is 22.4 Å². The minimum absolute atomic E-state index is 0.586. The summed E-state index contributed by atoms with van der Waals surface area (Å²) >= 11 is 0. The van der Waals surface area contributed by atoms with Crippen molar-refractivity contribution in [3.8, 4) is 6.07 Å². The van der Waals surface area contributed by atoms with Crippen molar-refractivity contribution in [1.29, 1.82) is 5.26 Å². The summed E-state index contributed by atoms with van der Waals surface area (Å²) in [5.41, 5.74) is 3.31. The Bertz CT molecular complexity index is 575. The summed E-state index contributed by atoms with van der Waals surface area (Å²) in [7, 11) is 0. The third kappa shape index (κ3) is 2.30. The molecule has 1 aromatic rings. The van der Waals surface area contributed by atoms with Crippen molar-refractivity contribution in [2.24, 2.45) is 5.92 Å². The predicted octanol–water partition coefficient (Wildman–Crippen LogP) is 2.02. The number of anilines is 1. The number of pyridine rings is 1.